The number of para-hydroxylation sites is 1. The molecule has 0 aliphatic heterocycles. The Kier molecular flexibility index (Phi) is 2.52. The van der Waals surface area contributed by atoms with Gasteiger partial charge in [-0.1, -0.05) is 18.2 Å². The van der Waals surface area contributed by atoms with Crippen LogP contribution >= 0.6 is 0 Å². The van der Waals surface area contributed by atoms with E-state index in [1.165, 1.54) is 11.4 Å². The Morgan fingerprint density at radius 2 is 1.61 bits per heavy atom. The average molecular weight is 237 g/mol. The predicted molar refractivity (Wildman–Crippen MR) is 74.7 cm³/mol. The number of rotatable bonds is 2. The van der Waals surface area contributed by atoms with Crippen LogP contribution in [0.25, 0.3) is 10.9 Å². The molecule has 3 heteroatoms. The van der Waals surface area contributed by atoms with E-state index >= 15 is 0 Å². The van der Waals surface area contributed by atoms with Crippen LogP contribution in [0.1, 0.15) is 11.4 Å². The summed E-state index contributed by atoms with van der Waals surface area (Å²) >= 11 is 0. The van der Waals surface area contributed by atoms with Crippen LogP contribution in [0.3, 0.4) is 0 Å². The van der Waals surface area contributed by atoms with Crippen molar-refractivity contribution >= 4 is 16.7 Å². The van der Waals surface area contributed by atoms with Crippen molar-refractivity contribution in [2.24, 2.45) is 0 Å². The summed E-state index contributed by atoms with van der Waals surface area (Å²) in [5.74, 6) is 0.858. The van der Waals surface area contributed by atoms with Crippen molar-refractivity contribution < 1.29 is 0 Å². The van der Waals surface area contributed by atoms with Gasteiger partial charge in [-0.25, -0.2) is 4.98 Å². The number of benzene rings is 1. The second-order valence-electron chi connectivity index (χ2n) is 4.45. The molecule has 3 rings (SSSR count). The molecule has 0 saturated carbocycles. The maximum atomic E-state index is 4.60. The first-order chi connectivity index (χ1) is 8.74. The second kappa shape index (κ2) is 4.18. The number of hydrogen-bond donors (Lipinski definition) is 1. The van der Waals surface area contributed by atoms with E-state index in [0.29, 0.717) is 0 Å². The van der Waals surface area contributed by atoms with E-state index in [9.17, 15) is 0 Å². The average Bonchev–Trinajstić information content (AvgIpc) is 2.70. The minimum Gasteiger partial charge on any atom is -0.278 e. The highest BCUT2D eigenvalue weighted by molar-refractivity contribution is 5.80. The van der Waals surface area contributed by atoms with E-state index in [1.54, 1.807) is 0 Å². The summed E-state index contributed by atoms with van der Waals surface area (Å²) in [6.45, 7) is 4.14. The van der Waals surface area contributed by atoms with E-state index in [1.807, 2.05) is 28.9 Å². The van der Waals surface area contributed by atoms with Crippen molar-refractivity contribution in [1.82, 2.24) is 9.66 Å². The van der Waals surface area contributed by atoms with Gasteiger partial charge in [0, 0.05) is 16.8 Å². The van der Waals surface area contributed by atoms with Crippen molar-refractivity contribution in [3.8, 4) is 0 Å². The Labute approximate surface area is 106 Å². The Hall–Kier alpha value is -2.29. The Morgan fingerprint density at radius 3 is 2.39 bits per heavy atom. The van der Waals surface area contributed by atoms with Crippen LogP contribution in [0.15, 0.2) is 48.5 Å². The third kappa shape index (κ3) is 1.84. The molecule has 18 heavy (non-hydrogen) atoms. The molecule has 1 N–H and O–H groups in total. The monoisotopic (exact) mass is 237 g/mol. The number of anilines is 1. The molecule has 90 valence electrons. The highest BCUT2D eigenvalue weighted by Gasteiger charge is 2.02. The van der Waals surface area contributed by atoms with Gasteiger partial charge >= 0.3 is 0 Å². The first-order valence-electron chi connectivity index (χ1n) is 6.02. The second-order valence-corrected chi connectivity index (χ2v) is 4.45. The predicted octanol–water partition coefficient (Wildman–Crippen LogP) is 3.53. The molecule has 0 amide bonds. The fourth-order valence-corrected chi connectivity index (χ4v) is 2.09. The number of hydrogen-bond acceptors (Lipinski definition) is 2. The van der Waals surface area contributed by atoms with Crippen molar-refractivity contribution in [2.45, 2.75) is 13.8 Å². The van der Waals surface area contributed by atoms with Gasteiger partial charge in [-0.15, -0.1) is 0 Å². The van der Waals surface area contributed by atoms with Gasteiger partial charge in [0.05, 0.1) is 5.52 Å². The van der Waals surface area contributed by atoms with Gasteiger partial charge < -0.3 is 0 Å². The maximum absolute atomic E-state index is 4.60. The summed E-state index contributed by atoms with van der Waals surface area (Å²) in [6.07, 6.45) is 0. The largest absolute Gasteiger partial charge is 0.278 e. The fourth-order valence-electron chi connectivity index (χ4n) is 2.09. The molecule has 3 aromatic rings. The summed E-state index contributed by atoms with van der Waals surface area (Å²) in [4.78, 5) is 4.60. The van der Waals surface area contributed by atoms with Gasteiger partial charge in [0.15, 0.2) is 0 Å². The van der Waals surface area contributed by atoms with Crippen LogP contribution in [0, 0.1) is 13.8 Å². The summed E-state index contributed by atoms with van der Waals surface area (Å²) in [6, 6.07) is 16.4. The van der Waals surface area contributed by atoms with Gasteiger partial charge in [-0.3, -0.25) is 10.1 Å². The molecule has 0 fully saturated rings. The van der Waals surface area contributed by atoms with Crippen molar-refractivity contribution in [3.63, 3.8) is 0 Å². The van der Waals surface area contributed by atoms with Gasteiger partial charge in [-0.2, -0.15) is 0 Å². The van der Waals surface area contributed by atoms with Gasteiger partial charge in [0.1, 0.15) is 5.82 Å². The van der Waals surface area contributed by atoms with Gasteiger partial charge in [0.25, 0.3) is 0 Å². The highest BCUT2D eigenvalue weighted by atomic mass is 15.4. The zero-order valence-corrected chi connectivity index (χ0v) is 10.5. The molecule has 0 bridgehead atoms. The molecular formula is C15H15N3. The Bertz CT molecular complexity index is 678. The number of fused-ring (bicyclic) bond motifs is 1. The number of nitrogens with zero attached hydrogens (tertiary/aromatic N) is 2. The van der Waals surface area contributed by atoms with Crippen LogP contribution in [0.4, 0.5) is 5.82 Å². The zero-order valence-electron chi connectivity index (χ0n) is 10.5. The molecule has 0 unspecified atom stereocenters. The highest BCUT2D eigenvalue weighted by Crippen LogP contribution is 2.16. The van der Waals surface area contributed by atoms with Crippen LogP contribution in [-0.2, 0) is 0 Å². The van der Waals surface area contributed by atoms with Crippen molar-refractivity contribution in [3.05, 3.63) is 59.9 Å². The number of nitrogens with one attached hydrogen (secondary N) is 1. The van der Waals surface area contributed by atoms with E-state index in [2.05, 4.69) is 48.5 Å². The third-order valence-corrected chi connectivity index (χ3v) is 3.10. The number of aromatic nitrogens is 2. The summed E-state index contributed by atoms with van der Waals surface area (Å²) < 4.78 is 2.04. The van der Waals surface area contributed by atoms with Crippen LogP contribution in [-0.4, -0.2) is 9.66 Å². The Morgan fingerprint density at radius 1 is 0.889 bits per heavy atom. The maximum Gasteiger partial charge on any atom is 0.145 e. The standard InChI is InChI=1S/C15H15N3/c1-11-7-8-12(2)18(11)17-15-10-9-13-5-3-4-6-14(13)16-15/h3-10H,1-2H3,(H,16,17). The number of aryl methyl sites for hydroxylation is 2. The summed E-state index contributed by atoms with van der Waals surface area (Å²) in [7, 11) is 0. The SMILES string of the molecule is Cc1ccc(C)n1Nc1ccc2ccccc2n1. The molecule has 3 nitrogen and oxygen atoms in total. The van der Waals surface area contributed by atoms with Crippen LogP contribution < -0.4 is 5.43 Å². The van der Waals surface area contributed by atoms with Crippen LogP contribution in [0.5, 0.6) is 0 Å². The molecule has 0 saturated heterocycles. The third-order valence-electron chi connectivity index (χ3n) is 3.10. The molecule has 0 atom stereocenters. The molecule has 2 aromatic heterocycles. The quantitative estimate of drug-likeness (QED) is 0.739. The molecule has 0 aliphatic rings. The zero-order chi connectivity index (χ0) is 12.5. The van der Waals surface area contributed by atoms with Gasteiger partial charge in [0.2, 0.25) is 0 Å². The minimum absolute atomic E-state index is 0.858. The van der Waals surface area contributed by atoms with Gasteiger partial charge in [-0.05, 0) is 44.2 Å². The van der Waals surface area contributed by atoms with E-state index in [-0.39, 0.29) is 0 Å². The normalized spacial score (nSPS) is 10.8. The van der Waals surface area contributed by atoms with Crippen molar-refractivity contribution in [2.75, 3.05) is 5.43 Å². The smallest absolute Gasteiger partial charge is 0.145 e. The summed E-state index contributed by atoms with van der Waals surface area (Å²) in [5.41, 5.74) is 6.66. The first kappa shape index (κ1) is 10.8. The lowest BCUT2D eigenvalue weighted by Gasteiger charge is -2.12. The fraction of sp³-hybridized carbons (Fsp3) is 0.133. The van der Waals surface area contributed by atoms with E-state index in [4.69, 9.17) is 0 Å². The molecule has 1 aromatic carbocycles. The van der Waals surface area contributed by atoms with Crippen LogP contribution in [0.2, 0.25) is 0 Å². The molecule has 2 heterocycles. The first-order valence-corrected chi connectivity index (χ1v) is 6.02. The van der Waals surface area contributed by atoms with E-state index < -0.39 is 0 Å². The topological polar surface area (TPSA) is 29.9 Å². The van der Waals surface area contributed by atoms with E-state index in [0.717, 1.165) is 16.7 Å². The lowest BCUT2D eigenvalue weighted by Crippen LogP contribution is -2.13. The Balaban J connectivity index is 2.00. The molecule has 0 spiro atoms. The summed E-state index contributed by atoms with van der Waals surface area (Å²) in [5, 5.41) is 1.16. The lowest BCUT2D eigenvalue weighted by atomic mass is 10.2. The lowest BCUT2D eigenvalue weighted by molar-refractivity contribution is 0.873. The molecule has 0 aliphatic carbocycles. The molecular weight excluding hydrogens is 222 g/mol. The molecule has 0 radical (unpaired) electrons. The number of pyridine rings is 1. The van der Waals surface area contributed by atoms with Crippen molar-refractivity contribution in [1.29, 1.82) is 0 Å². The minimum atomic E-state index is 0.858.